The van der Waals surface area contributed by atoms with Gasteiger partial charge >= 0.3 is 11.5 Å². The van der Waals surface area contributed by atoms with Crippen LogP contribution in [0.4, 0.5) is 5.82 Å². The Balaban J connectivity index is 0.000000771. The lowest BCUT2D eigenvalue weighted by Gasteiger charge is -1.90. The monoisotopic (exact) mass is 254 g/mol. The van der Waals surface area contributed by atoms with Crippen LogP contribution in [-0.2, 0) is 0 Å². The van der Waals surface area contributed by atoms with Crippen LogP contribution in [0.25, 0.3) is 10.9 Å². The van der Waals surface area contributed by atoms with Crippen LogP contribution in [-0.4, -0.2) is 26.2 Å². The van der Waals surface area contributed by atoms with E-state index in [1.807, 2.05) is 18.8 Å². The van der Waals surface area contributed by atoms with Gasteiger partial charge in [0.2, 0.25) is 0 Å². The fraction of sp³-hybridized carbons (Fsp3) is 0.222. The molecule has 0 radical (unpaired) electrons. The highest BCUT2D eigenvalue weighted by Crippen LogP contribution is 2.21. The second kappa shape index (κ2) is 5.08. The molecule has 2 aromatic heterocycles. The molecule has 96 valence electrons. The molecule has 0 aliphatic rings. The summed E-state index contributed by atoms with van der Waals surface area (Å²) < 4.78 is 0. The minimum absolute atomic E-state index is 0.235. The Labute approximate surface area is 99.0 Å². The number of nitrogens with zero attached hydrogens (tertiary/aromatic N) is 1. The SMILES string of the molecule is CC.O=Cc1[nH]c([N+](=O)[O-])c2[nH]c(=O)[nH]c(=O)c12. The third-order valence-electron chi connectivity index (χ3n) is 2.00. The Morgan fingerprint density at radius 1 is 1.17 bits per heavy atom. The molecule has 0 atom stereocenters. The molecule has 0 fully saturated rings. The lowest BCUT2D eigenvalue weighted by atomic mass is 10.3. The van der Waals surface area contributed by atoms with Crippen molar-refractivity contribution in [3.05, 3.63) is 36.6 Å². The van der Waals surface area contributed by atoms with Gasteiger partial charge in [-0.25, -0.2) is 9.78 Å². The maximum absolute atomic E-state index is 11.3. The molecule has 0 saturated carbocycles. The zero-order valence-corrected chi connectivity index (χ0v) is 9.57. The average Bonchev–Trinajstić information content (AvgIpc) is 2.70. The molecule has 0 aromatic carbocycles. The molecule has 0 aliphatic carbocycles. The van der Waals surface area contributed by atoms with Gasteiger partial charge in [0.15, 0.2) is 17.5 Å². The molecule has 3 N–H and O–H groups in total. The van der Waals surface area contributed by atoms with Crippen molar-refractivity contribution in [3.8, 4) is 0 Å². The highest BCUT2D eigenvalue weighted by atomic mass is 16.6. The molecule has 18 heavy (non-hydrogen) atoms. The van der Waals surface area contributed by atoms with Crippen molar-refractivity contribution in [3.63, 3.8) is 0 Å². The molecular weight excluding hydrogens is 244 g/mol. The largest absolute Gasteiger partial charge is 0.358 e. The Hall–Kier alpha value is -2.71. The third-order valence-corrected chi connectivity index (χ3v) is 2.00. The summed E-state index contributed by atoms with van der Waals surface area (Å²) in [6.07, 6.45) is 0.267. The minimum Gasteiger partial charge on any atom is -0.358 e. The van der Waals surface area contributed by atoms with Crippen LogP contribution in [0, 0.1) is 10.1 Å². The van der Waals surface area contributed by atoms with Crippen LogP contribution in [0.3, 0.4) is 0 Å². The van der Waals surface area contributed by atoms with Crippen molar-refractivity contribution in [1.29, 1.82) is 0 Å². The molecule has 9 heteroatoms. The summed E-state index contributed by atoms with van der Waals surface area (Å²) >= 11 is 0. The van der Waals surface area contributed by atoms with Crippen molar-refractivity contribution in [2.24, 2.45) is 0 Å². The van der Waals surface area contributed by atoms with Gasteiger partial charge in [0, 0.05) is 0 Å². The van der Waals surface area contributed by atoms with E-state index in [1.165, 1.54) is 0 Å². The predicted octanol–water partition coefficient (Wildman–Crippen LogP) is 0.291. The Morgan fingerprint density at radius 3 is 2.28 bits per heavy atom. The molecule has 2 aromatic rings. The Morgan fingerprint density at radius 2 is 1.78 bits per heavy atom. The molecule has 2 heterocycles. The zero-order chi connectivity index (χ0) is 13.9. The number of hydrogen-bond donors (Lipinski definition) is 3. The number of nitro groups is 1. The van der Waals surface area contributed by atoms with E-state index in [9.17, 15) is 24.5 Å². The maximum Gasteiger partial charge on any atom is 0.346 e. The fourth-order valence-electron chi connectivity index (χ4n) is 1.40. The summed E-state index contributed by atoms with van der Waals surface area (Å²) in [5.41, 5.74) is -2.28. The van der Waals surface area contributed by atoms with Gasteiger partial charge in [-0.2, -0.15) is 0 Å². The molecule has 0 bridgehead atoms. The summed E-state index contributed by atoms with van der Waals surface area (Å²) in [6.45, 7) is 4.00. The average molecular weight is 254 g/mol. The van der Waals surface area contributed by atoms with E-state index in [-0.39, 0.29) is 22.9 Å². The number of hydrogen-bond acceptors (Lipinski definition) is 5. The van der Waals surface area contributed by atoms with Gasteiger partial charge in [0.05, 0.1) is 0 Å². The predicted molar refractivity (Wildman–Crippen MR) is 62.9 cm³/mol. The Bertz CT molecular complexity index is 708. The van der Waals surface area contributed by atoms with Gasteiger partial charge in [-0.05, 0) is 4.92 Å². The standard InChI is InChI=1S/C7H4N4O5.C2H6/c12-1-2-3-4(5(8-2)11(15)16)9-7(14)10-6(3)13;1-2/h1,8H,(H2,9,10,13,14);1-2H3. The van der Waals surface area contributed by atoms with E-state index in [2.05, 4.69) is 9.97 Å². The van der Waals surface area contributed by atoms with E-state index >= 15 is 0 Å². The van der Waals surface area contributed by atoms with E-state index in [4.69, 9.17) is 0 Å². The number of aldehydes is 1. The number of aromatic nitrogens is 3. The topological polar surface area (TPSA) is 142 Å². The number of rotatable bonds is 2. The zero-order valence-electron chi connectivity index (χ0n) is 9.57. The number of fused-ring (bicyclic) bond motifs is 1. The first-order valence-corrected chi connectivity index (χ1v) is 5.02. The summed E-state index contributed by atoms with van der Waals surface area (Å²) in [5.74, 6) is -0.597. The number of carbonyl (C=O) groups excluding carboxylic acids is 1. The minimum atomic E-state index is -0.878. The third kappa shape index (κ3) is 2.05. The first-order chi connectivity index (χ1) is 8.54. The summed E-state index contributed by atoms with van der Waals surface area (Å²) in [5, 5.41) is 10.4. The van der Waals surface area contributed by atoms with Crippen molar-refractivity contribution >= 4 is 23.0 Å². The molecule has 0 spiro atoms. The molecule has 0 unspecified atom stereocenters. The van der Waals surface area contributed by atoms with E-state index in [0.717, 1.165) is 0 Å². The van der Waals surface area contributed by atoms with Crippen molar-refractivity contribution in [2.75, 3.05) is 0 Å². The van der Waals surface area contributed by atoms with E-state index in [0.29, 0.717) is 0 Å². The number of H-pyrrole nitrogens is 3. The smallest absolute Gasteiger partial charge is 0.346 e. The van der Waals surface area contributed by atoms with Crippen molar-refractivity contribution in [1.82, 2.24) is 15.0 Å². The van der Waals surface area contributed by atoms with Gasteiger partial charge in [0.1, 0.15) is 5.39 Å². The van der Waals surface area contributed by atoms with Gasteiger partial charge < -0.3 is 10.1 Å². The van der Waals surface area contributed by atoms with Gasteiger partial charge in [-0.15, -0.1) is 0 Å². The second-order valence-electron chi connectivity index (χ2n) is 2.92. The van der Waals surface area contributed by atoms with Crippen LogP contribution in [0.2, 0.25) is 0 Å². The lowest BCUT2D eigenvalue weighted by molar-refractivity contribution is -0.387. The summed E-state index contributed by atoms with van der Waals surface area (Å²) in [7, 11) is 0. The first-order valence-electron chi connectivity index (χ1n) is 5.02. The molecular formula is C9H10N4O5. The van der Waals surface area contributed by atoms with Crippen molar-refractivity contribution < 1.29 is 9.72 Å². The first kappa shape index (κ1) is 13.4. The van der Waals surface area contributed by atoms with Gasteiger partial charge in [-0.1, -0.05) is 13.8 Å². The molecule has 0 amide bonds. The lowest BCUT2D eigenvalue weighted by Crippen LogP contribution is -2.21. The van der Waals surface area contributed by atoms with Crippen LogP contribution in [0.1, 0.15) is 24.3 Å². The van der Waals surface area contributed by atoms with Crippen LogP contribution < -0.4 is 11.2 Å². The summed E-state index contributed by atoms with van der Waals surface area (Å²) in [4.78, 5) is 48.7. The highest BCUT2D eigenvalue weighted by Gasteiger charge is 2.22. The van der Waals surface area contributed by atoms with Gasteiger partial charge in [0.25, 0.3) is 5.56 Å². The fourth-order valence-corrected chi connectivity index (χ4v) is 1.40. The molecule has 0 saturated heterocycles. The number of nitrogens with one attached hydrogen (secondary N) is 3. The number of carbonyl (C=O) groups is 1. The van der Waals surface area contributed by atoms with Crippen LogP contribution in [0.5, 0.6) is 0 Å². The molecule has 0 aliphatic heterocycles. The molecule has 2 rings (SSSR count). The van der Waals surface area contributed by atoms with E-state index < -0.39 is 22.0 Å². The highest BCUT2D eigenvalue weighted by molar-refractivity contribution is 5.99. The van der Waals surface area contributed by atoms with Crippen LogP contribution >= 0.6 is 0 Å². The number of aromatic amines is 3. The maximum atomic E-state index is 11.3. The van der Waals surface area contributed by atoms with Crippen LogP contribution in [0.15, 0.2) is 9.59 Å². The van der Waals surface area contributed by atoms with Gasteiger partial charge in [-0.3, -0.25) is 19.6 Å². The summed E-state index contributed by atoms with van der Waals surface area (Å²) in [6, 6.07) is 0. The quantitative estimate of drug-likeness (QED) is 0.401. The second-order valence-corrected chi connectivity index (χ2v) is 2.92. The van der Waals surface area contributed by atoms with E-state index in [1.54, 1.807) is 0 Å². The van der Waals surface area contributed by atoms with Crippen molar-refractivity contribution in [2.45, 2.75) is 13.8 Å². The molecule has 9 nitrogen and oxygen atoms in total. The normalized spacial score (nSPS) is 9.67. The Kier molecular flexibility index (Phi) is 3.77.